The quantitative estimate of drug-likeness (QED) is 0.515. The van der Waals surface area contributed by atoms with E-state index in [1.54, 1.807) is 0 Å². The highest BCUT2D eigenvalue weighted by molar-refractivity contribution is 7.98. The highest BCUT2D eigenvalue weighted by Gasteiger charge is 2.10. The molecule has 110 valence electrons. The molecule has 2 aromatic rings. The molecular weight excluding hydrogens is 290 g/mol. The van der Waals surface area contributed by atoms with Crippen molar-refractivity contribution in [2.24, 2.45) is 0 Å². The van der Waals surface area contributed by atoms with Crippen molar-refractivity contribution in [3.63, 3.8) is 0 Å². The highest BCUT2D eigenvalue weighted by Crippen LogP contribution is 2.16. The number of pyridine rings is 1. The molecule has 0 aliphatic rings. The number of hydrogen-bond donors (Lipinski definition) is 0. The van der Waals surface area contributed by atoms with Crippen molar-refractivity contribution in [3.05, 3.63) is 24.2 Å². The van der Waals surface area contributed by atoms with E-state index in [0.29, 0.717) is 5.88 Å². The maximum Gasteiger partial charge on any atom is 0.159 e. The van der Waals surface area contributed by atoms with Gasteiger partial charge in [0, 0.05) is 25.0 Å². The number of imidazole rings is 1. The zero-order chi connectivity index (χ0) is 14.2. The van der Waals surface area contributed by atoms with E-state index in [9.17, 15) is 0 Å². The third kappa shape index (κ3) is 4.13. The summed E-state index contributed by atoms with van der Waals surface area (Å²) in [5, 5.41) is 0. The van der Waals surface area contributed by atoms with E-state index >= 15 is 0 Å². The average Bonchev–Trinajstić information content (AvgIpc) is 2.81. The van der Waals surface area contributed by atoms with E-state index in [1.807, 2.05) is 30.1 Å². The van der Waals surface area contributed by atoms with E-state index in [2.05, 4.69) is 20.8 Å². The number of unbranched alkanes of at least 4 members (excludes halogenated alkanes) is 3. The van der Waals surface area contributed by atoms with Crippen LogP contribution in [0.5, 0.6) is 0 Å². The minimum Gasteiger partial charge on any atom is -0.313 e. The van der Waals surface area contributed by atoms with Crippen LogP contribution in [0.4, 0.5) is 0 Å². The van der Waals surface area contributed by atoms with Crippen LogP contribution < -0.4 is 0 Å². The highest BCUT2D eigenvalue weighted by atomic mass is 35.5. The number of aryl methyl sites for hydroxylation is 2. The van der Waals surface area contributed by atoms with Gasteiger partial charge in [-0.2, -0.15) is 11.8 Å². The summed E-state index contributed by atoms with van der Waals surface area (Å²) in [5.41, 5.74) is 1.98. The maximum atomic E-state index is 5.88. The molecule has 0 atom stereocenters. The largest absolute Gasteiger partial charge is 0.313 e. The third-order valence-electron chi connectivity index (χ3n) is 3.38. The number of aromatic nitrogens is 3. The van der Waals surface area contributed by atoms with Crippen LogP contribution >= 0.6 is 23.4 Å². The van der Waals surface area contributed by atoms with Crippen molar-refractivity contribution in [2.45, 2.75) is 38.6 Å². The van der Waals surface area contributed by atoms with Crippen LogP contribution in [0.3, 0.4) is 0 Å². The van der Waals surface area contributed by atoms with Gasteiger partial charge in [-0.15, -0.1) is 11.6 Å². The smallest absolute Gasteiger partial charge is 0.159 e. The second-order valence-corrected chi connectivity index (χ2v) is 6.24. The lowest BCUT2D eigenvalue weighted by atomic mass is 10.2. The fourth-order valence-corrected chi connectivity index (χ4v) is 3.05. The lowest BCUT2D eigenvalue weighted by molar-refractivity contribution is 0.575. The molecule has 0 saturated carbocycles. The van der Waals surface area contributed by atoms with Gasteiger partial charge in [-0.3, -0.25) is 0 Å². The third-order valence-corrected chi connectivity index (χ3v) is 4.27. The lowest BCUT2D eigenvalue weighted by Gasteiger charge is -2.07. The Hall–Kier alpha value is -0.740. The summed E-state index contributed by atoms with van der Waals surface area (Å²) in [6.45, 7) is 0.999. The molecule has 0 amide bonds. The molecule has 0 unspecified atom stereocenters. The molecule has 0 radical (unpaired) electrons. The number of thioether (sulfide) groups is 1. The normalized spacial score (nSPS) is 11.3. The topological polar surface area (TPSA) is 30.7 Å². The maximum absolute atomic E-state index is 5.88. The van der Waals surface area contributed by atoms with Gasteiger partial charge in [0.1, 0.15) is 11.3 Å². The van der Waals surface area contributed by atoms with Gasteiger partial charge in [0.15, 0.2) is 5.65 Å². The van der Waals surface area contributed by atoms with E-state index < -0.39 is 0 Å². The Morgan fingerprint density at radius 2 is 2.10 bits per heavy atom. The first kappa shape index (κ1) is 15.6. The molecule has 0 aromatic carbocycles. The molecule has 2 heterocycles. The predicted molar refractivity (Wildman–Crippen MR) is 88.8 cm³/mol. The SMILES string of the molecule is CSCCCCCCn1c(CCCl)nc2cccnc21. The van der Waals surface area contributed by atoms with Gasteiger partial charge in [-0.1, -0.05) is 12.8 Å². The van der Waals surface area contributed by atoms with Crippen molar-refractivity contribution in [1.82, 2.24) is 14.5 Å². The summed E-state index contributed by atoms with van der Waals surface area (Å²) >= 11 is 7.81. The fourth-order valence-electron chi connectivity index (χ4n) is 2.39. The number of halogens is 1. The van der Waals surface area contributed by atoms with Gasteiger partial charge in [0.05, 0.1) is 0 Å². The zero-order valence-corrected chi connectivity index (χ0v) is 13.6. The lowest BCUT2D eigenvalue weighted by Crippen LogP contribution is -2.05. The number of hydrogen-bond acceptors (Lipinski definition) is 3. The zero-order valence-electron chi connectivity index (χ0n) is 12.0. The molecule has 0 spiro atoms. The van der Waals surface area contributed by atoms with Crippen molar-refractivity contribution >= 4 is 34.5 Å². The molecule has 0 saturated heterocycles. The second-order valence-electron chi connectivity index (χ2n) is 4.87. The van der Waals surface area contributed by atoms with Crippen molar-refractivity contribution in [3.8, 4) is 0 Å². The summed E-state index contributed by atoms with van der Waals surface area (Å²) in [6.07, 6.45) is 9.90. The van der Waals surface area contributed by atoms with E-state index in [-0.39, 0.29) is 0 Å². The predicted octanol–water partition coefficient (Wildman–Crippen LogP) is 4.14. The van der Waals surface area contributed by atoms with Crippen LogP contribution in [0.15, 0.2) is 18.3 Å². The molecule has 2 rings (SSSR count). The summed E-state index contributed by atoms with van der Waals surface area (Å²) < 4.78 is 2.24. The van der Waals surface area contributed by atoms with Gasteiger partial charge in [-0.05, 0) is 37.0 Å². The Labute approximate surface area is 130 Å². The Morgan fingerprint density at radius 3 is 2.90 bits per heavy atom. The van der Waals surface area contributed by atoms with Crippen molar-refractivity contribution in [2.75, 3.05) is 17.9 Å². The Morgan fingerprint density at radius 1 is 1.25 bits per heavy atom. The molecule has 5 heteroatoms. The number of rotatable bonds is 9. The first-order chi connectivity index (χ1) is 9.86. The number of alkyl halides is 1. The van der Waals surface area contributed by atoms with E-state index in [1.165, 1.54) is 31.4 Å². The monoisotopic (exact) mass is 311 g/mol. The molecule has 0 aliphatic carbocycles. The summed E-state index contributed by atoms with van der Waals surface area (Å²) in [6, 6.07) is 3.96. The number of fused-ring (bicyclic) bond motifs is 1. The Bertz CT molecular complexity index is 527. The van der Waals surface area contributed by atoms with Crippen molar-refractivity contribution in [1.29, 1.82) is 0 Å². The minimum atomic E-state index is 0.608. The summed E-state index contributed by atoms with van der Waals surface area (Å²) in [4.78, 5) is 9.11. The van der Waals surface area contributed by atoms with Gasteiger partial charge in [-0.25, -0.2) is 9.97 Å². The first-order valence-electron chi connectivity index (χ1n) is 7.22. The molecule has 3 nitrogen and oxygen atoms in total. The molecule has 0 N–H and O–H groups in total. The minimum absolute atomic E-state index is 0.608. The van der Waals surface area contributed by atoms with E-state index in [4.69, 9.17) is 11.6 Å². The van der Waals surface area contributed by atoms with Crippen LogP contribution in [-0.2, 0) is 13.0 Å². The molecule has 20 heavy (non-hydrogen) atoms. The van der Waals surface area contributed by atoms with Gasteiger partial charge >= 0.3 is 0 Å². The molecule has 2 aromatic heterocycles. The Kier molecular flexibility index (Phi) is 6.67. The average molecular weight is 312 g/mol. The fraction of sp³-hybridized carbons (Fsp3) is 0.600. The Balaban J connectivity index is 1.98. The molecule has 0 fully saturated rings. The standard InChI is InChI=1S/C15H22ClN3S/c1-20-12-5-3-2-4-11-19-14(8-9-16)18-13-7-6-10-17-15(13)19/h6-7,10H,2-5,8-9,11-12H2,1H3. The van der Waals surface area contributed by atoms with Crippen LogP contribution in [0.2, 0.25) is 0 Å². The first-order valence-corrected chi connectivity index (χ1v) is 9.14. The summed E-state index contributed by atoms with van der Waals surface area (Å²) in [7, 11) is 0. The van der Waals surface area contributed by atoms with Gasteiger partial charge in [0.2, 0.25) is 0 Å². The van der Waals surface area contributed by atoms with E-state index in [0.717, 1.165) is 30.0 Å². The van der Waals surface area contributed by atoms with Crippen LogP contribution in [0.1, 0.15) is 31.5 Å². The van der Waals surface area contributed by atoms with Crippen LogP contribution in [-0.4, -0.2) is 32.4 Å². The van der Waals surface area contributed by atoms with Crippen LogP contribution in [0.25, 0.3) is 11.2 Å². The summed E-state index contributed by atoms with van der Waals surface area (Å²) in [5.74, 6) is 2.95. The molecule has 0 aliphatic heterocycles. The van der Waals surface area contributed by atoms with Crippen LogP contribution in [0, 0.1) is 0 Å². The van der Waals surface area contributed by atoms with Gasteiger partial charge in [0.25, 0.3) is 0 Å². The second kappa shape index (κ2) is 8.53. The molecular formula is C15H22ClN3S. The number of nitrogens with zero attached hydrogens (tertiary/aromatic N) is 3. The molecule has 0 bridgehead atoms. The van der Waals surface area contributed by atoms with Gasteiger partial charge < -0.3 is 4.57 Å². The van der Waals surface area contributed by atoms with Crippen molar-refractivity contribution < 1.29 is 0 Å².